The van der Waals surface area contributed by atoms with Gasteiger partial charge in [0, 0.05) is 23.9 Å². The third-order valence-electron chi connectivity index (χ3n) is 3.57. The molecule has 88 valence electrons. The average Bonchev–Trinajstić information content (AvgIpc) is 2.97. The van der Waals surface area contributed by atoms with Crippen LogP contribution in [0.2, 0.25) is 0 Å². The maximum absolute atomic E-state index is 13.3. The van der Waals surface area contributed by atoms with Crippen LogP contribution in [0.15, 0.2) is 18.2 Å². The summed E-state index contributed by atoms with van der Waals surface area (Å²) < 4.78 is 18.3. The number of halogens is 1. The van der Waals surface area contributed by atoms with Gasteiger partial charge in [-0.25, -0.2) is 4.39 Å². The van der Waals surface area contributed by atoms with Crippen molar-refractivity contribution in [3.05, 3.63) is 24.0 Å². The van der Waals surface area contributed by atoms with Crippen molar-refractivity contribution in [2.75, 3.05) is 12.4 Å². The molecule has 0 spiro atoms. The lowest BCUT2D eigenvalue weighted by atomic mass is 10.0. The van der Waals surface area contributed by atoms with E-state index in [1.165, 1.54) is 25.0 Å². The topological polar surface area (TPSA) is 21.3 Å². The first-order chi connectivity index (χ1) is 7.53. The lowest BCUT2D eigenvalue weighted by molar-refractivity contribution is 0.411. The van der Waals surface area contributed by atoms with Crippen LogP contribution in [0.5, 0.6) is 5.75 Å². The first-order valence-electron chi connectivity index (χ1n) is 5.65. The minimum Gasteiger partial charge on any atom is -0.497 e. The molecule has 1 aromatic rings. The quantitative estimate of drug-likeness (QED) is 0.844. The van der Waals surface area contributed by atoms with Crippen LogP contribution in [-0.2, 0) is 0 Å². The van der Waals surface area contributed by atoms with Gasteiger partial charge in [-0.3, -0.25) is 0 Å². The first-order valence-corrected chi connectivity index (χ1v) is 5.65. The number of ether oxygens (including phenoxy) is 1. The zero-order chi connectivity index (χ0) is 11.8. The highest BCUT2D eigenvalue weighted by Gasteiger charge is 2.42. The van der Waals surface area contributed by atoms with E-state index in [1.807, 2.05) is 6.07 Å². The van der Waals surface area contributed by atoms with E-state index in [-0.39, 0.29) is 5.82 Å². The van der Waals surface area contributed by atoms with Crippen LogP contribution < -0.4 is 10.1 Å². The fourth-order valence-electron chi connectivity index (χ4n) is 1.82. The first kappa shape index (κ1) is 11.2. The predicted octanol–water partition coefficient (Wildman–Crippen LogP) is 3.43. The fourth-order valence-corrected chi connectivity index (χ4v) is 1.82. The van der Waals surface area contributed by atoms with Crippen molar-refractivity contribution in [3.63, 3.8) is 0 Å². The molecule has 0 aliphatic heterocycles. The summed E-state index contributed by atoms with van der Waals surface area (Å²) in [5.41, 5.74) is 1.16. The van der Waals surface area contributed by atoms with Gasteiger partial charge in [-0.2, -0.15) is 0 Å². The van der Waals surface area contributed by atoms with E-state index in [4.69, 9.17) is 4.74 Å². The molecule has 1 aliphatic rings. The van der Waals surface area contributed by atoms with E-state index in [0.717, 1.165) is 5.69 Å². The van der Waals surface area contributed by atoms with Gasteiger partial charge >= 0.3 is 0 Å². The van der Waals surface area contributed by atoms with Gasteiger partial charge in [-0.1, -0.05) is 6.92 Å². The molecule has 1 unspecified atom stereocenters. The largest absolute Gasteiger partial charge is 0.497 e. The monoisotopic (exact) mass is 223 g/mol. The molecule has 3 heteroatoms. The zero-order valence-corrected chi connectivity index (χ0v) is 10.0. The number of rotatable bonds is 4. The molecule has 1 atom stereocenters. The molecule has 2 rings (SSSR count). The molecular formula is C13H18FNO. The summed E-state index contributed by atoms with van der Waals surface area (Å²) in [5.74, 6) is 0.283. The molecule has 1 fully saturated rings. The standard InChI is InChI=1S/C13H18FNO/c1-9(13(2)4-5-13)15-11-6-10(14)7-12(8-11)16-3/h6-9,15H,4-5H2,1-3H3. The molecule has 1 saturated carbocycles. The van der Waals surface area contributed by atoms with Crippen molar-refractivity contribution >= 4 is 5.69 Å². The van der Waals surface area contributed by atoms with E-state index in [1.54, 1.807) is 7.11 Å². The Bertz CT molecular complexity index is 388. The Labute approximate surface area is 95.8 Å². The lowest BCUT2D eigenvalue weighted by Crippen LogP contribution is -2.24. The van der Waals surface area contributed by atoms with Crippen molar-refractivity contribution in [2.24, 2.45) is 5.41 Å². The van der Waals surface area contributed by atoms with E-state index in [0.29, 0.717) is 17.2 Å². The molecule has 1 aromatic carbocycles. The Hall–Kier alpha value is -1.25. The predicted molar refractivity (Wildman–Crippen MR) is 63.4 cm³/mol. The number of anilines is 1. The van der Waals surface area contributed by atoms with Crippen LogP contribution >= 0.6 is 0 Å². The number of hydrogen-bond donors (Lipinski definition) is 1. The number of nitrogens with one attached hydrogen (secondary N) is 1. The zero-order valence-electron chi connectivity index (χ0n) is 10.0. The molecule has 1 aliphatic carbocycles. The van der Waals surface area contributed by atoms with Crippen LogP contribution in [0.4, 0.5) is 10.1 Å². The third-order valence-corrected chi connectivity index (χ3v) is 3.57. The Morgan fingerprint density at radius 2 is 2.06 bits per heavy atom. The van der Waals surface area contributed by atoms with Gasteiger partial charge < -0.3 is 10.1 Å². The molecule has 1 N–H and O–H groups in total. The Morgan fingerprint density at radius 1 is 1.38 bits per heavy atom. The van der Waals surface area contributed by atoms with Gasteiger partial charge in [-0.15, -0.1) is 0 Å². The third kappa shape index (κ3) is 2.29. The SMILES string of the molecule is COc1cc(F)cc(NC(C)C2(C)CC2)c1. The summed E-state index contributed by atoms with van der Waals surface area (Å²) in [5, 5.41) is 3.34. The number of benzene rings is 1. The summed E-state index contributed by atoms with van der Waals surface area (Å²) in [6.07, 6.45) is 2.49. The van der Waals surface area contributed by atoms with Gasteiger partial charge in [0.2, 0.25) is 0 Å². The van der Waals surface area contributed by atoms with Gasteiger partial charge in [0.05, 0.1) is 7.11 Å². The van der Waals surface area contributed by atoms with Gasteiger partial charge in [0.25, 0.3) is 0 Å². The molecule has 0 amide bonds. The highest BCUT2D eigenvalue weighted by molar-refractivity contribution is 5.49. The molecule has 2 nitrogen and oxygen atoms in total. The van der Waals surface area contributed by atoms with E-state index >= 15 is 0 Å². The molecule has 16 heavy (non-hydrogen) atoms. The van der Waals surface area contributed by atoms with E-state index in [9.17, 15) is 4.39 Å². The van der Waals surface area contributed by atoms with E-state index < -0.39 is 0 Å². The Kier molecular flexibility index (Phi) is 2.78. The van der Waals surface area contributed by atoms with E-state index in [2.05, 4.69) is 19.2 Å². The van der Waals surface area contributed by atoms with Gasteiger partial charge in [-0.05, 0) is 31.2 Å². The lowest BCUT2D eigenvalue weighted by Gasteiger charge is -2.21. The van der Waals surface area contributed by atoms with Crippen LogP contribution in [0.1, 0.15) is 26.7 Å². The molecular weight excluding hydrogens is 205 g/mol. The Morgan fingerprint density at radius 3 is 2.62 bits per heavy atom. The van der Waals surface area contributed by atoms with Crippen LogP contribution in [0.3, 0.4) is 0 Å². The second-order valence-corrected chi connectivity index (χ2v) is 4.90. The van der Waals surface area contributed by atoms with Crippen LogP contribution in [0, 0.1) is 11.2 Å². The molecule has 0 bridgehead atoms. The summed E-state index contributed by atoms with van der Waals surface area (Å²) in [6.45, 7) is 4.39. The molecule has 0 saturated heterocycles. The van der Waals surface area contributed by atoms with Crippen molar-refractivity contribution in [1.82, 2.24) is 0 Å². The van der Waals surface area contributed by atoms with Gasteiger partial charge in [0.15, 0.2) is 0 Å². The smallest absolute Gasteiger partial charge is 0.128 e. The minimum atomic E-state index is -0.269. The van der Waals surface area contributed by atoms with Gasteiger partial charge in [0.1, 0.15) is 11.6 Å². The second kappa shape index (κ2) is 3.96. The highest BCUT2D eigenvalue weighted by Crippen LogP contribution is 2.48. The highest BCUT2D eigenvalue weighted by atomic mass is 19.1. The molecule has 0 radical (unpaired) electrons. The minimum absolute atomic E-state index is 0.269. The fraction of sp³-hybridized carbons (Fsp3) is 0.538. The number of hydrogen-bond acceptors (Lipinski definition) is 2. The van der Waals surface area contributed by atoms with Crippen LogP contribution in [0.25, 0.3) is 0 Å². The van der Waals surface area contributed by atoms with Crippen molar-refractivity contribution in [3.8, 4) is 5.75 Å². The summed E-state index contributed by atoms with van der Waals surface area (Å²) >= 11 is 0. The molecule has 0 heterocycles. The average molecular weight is 223 g/mol. The second-order valence-electron chi connectivity index (χ2n) is 4.90. The number of methoxy groups -OCH3 is 1. The van der Waals surface area contributed by atoms with Crippen molar-refractivity contribution in [1.29, 1.82) is 0 Å². The van der Waals surface area contributed by atoms with Crippen molar-refractivity contribution in [2.45, 2.75) is 32.7 Å². The molecule has 0 aromatic heterocycles. The Balaban J connectivity index is 2.11. The summed E-state index contributed by atoms with van der Waals surface area (Å²) in [6, 6.07) is 5.07. The maximum atomic E-state index is 13.3. The summed E-state index contributed by atoms with van der Waals surface area (Å²) in [7, 11) is 1.55. The summed E-state index contributed by atoms with van der Waals surface area (Å²) in [4.78, 5) is 0. The van der Waals surface area contributed by atoms with Crippen molar-refractivity contribution < 1.29 is 9.13 Å². The maximum Gasteiger partial charge on any atom is 0.128 e. The normalized spacial score (nSPS) is 19.0. The van der Waals surface area contributed by atoms with Crippen LogP contribution in [-0.4, -0.2) is 13.2 Å².